The van der Waals surface area contributed by atoms with Crippen LogP contribution in [0.2, 0.25) is 0 Å². The van der Waals surface area contributed by atoms with E-state index in [-0.39, 0.29) is 11.8 Å². The van der Waals surface area contributed by atoms with Crippen molar-refractivity contribution in [2.75, 3.05) is 4.90 Å². The Balaban J connectivity index is 1.94. The summed E-state index contributed by atoms with van der Waals surface area (Å²) in [6.45, 7) is 1.96. The van der Waals surface area contributed by atoms with Gasteiger partial charge in [-0.1, -0.05) is 0 Å². The Morgan fingerprint density at radius 3 is 2.84 bits per heavy atom. The van der Waals surface area contributed by atoms with Crippen molar-refractivity contribution in [1.82, 2.24) is 5.32 Å². The molecular weight excluding hydrogens is 260 g/mol. The number of amides is 2. The molecule has 3 aliphatic rings. The van der Waals surface area contributed by atoms with E-state index in [1.165, 1.54) is 16.9 Å². The molecule has 1 aromatic rings. The lowest BCUT2D eigenvalue weighted by Crippen LogP contribution is -2.59. The summed E-state index contributed by atoms with van der Waals surface area (Å²) in [6.07, 6.45) is 5.61. The molecule has 1 atom stereocenters. The summed E-state index contributed by atoms with van der Waals surface area (Å²) in [5, 5.41) is 3.95. The maximum Gasteiger partial charge on any atom is 0.256 e. The predicted molar refractivity (Wildman–Crippen MR) is 73.6 cm³/mol. The maximum atomic E-state index is 12.4. The Morgan fingerprint density at radius 2 is 2.00 bits per heavy atom. The van der Waals surface area contributed by atoms with Crippen molar-refractivity contribution in [3.05, 3.63) is 16.0 Å². The van der Waals surface area contributed by atoms with Crippen LogP contribution < -0.4 is 10.2 Å². The van der Waals surface area contributed by atoms with Gasteiger partial charge in [0.25, 0.3) is 5.91 Å². The minimum atomic E-state index is -0.505. The molecule has 100 valence electrons. The second kappa shape index (κ2) is 3.60. The number of thiophene rings is 1. The van der Waals surface area contributed by atoms with Crippen LogP contribution in [0.5, 0.6) is 0 Å². The molecule has 1 fully saturated rings. The van der Waals surface area contributed by atoms with E-state index in [1.54, 1.807) is 11.3 Å². The van der Waals surface area contributed by atoms with Gasteiger partial charge in [-0.25, -0.2) is 0 Å². The molecule has 1 unspecified atom stereocenters. The summed E-state index contributed by atoms with van der Waals surface area (Å²) < 4.78 is 0. The van der Waals surface area contributed by atoms with E-state index >= 15 is 0 Å². The summed E-state index contributed by atoms with van der Waals surface area (Å²) in [6, 6.07) is 0. The molecule has 3 heterocycles. The minimum absolute atomic E-state index is 0.0165. The van der Waals surface area contributed by atoms with Crippen molar-refractivity contribution < 1.29 is 9.59 Å². The Hall–Kier alpha value is -1.36. The predicted octanol–water partition coefficient (Wildman–Crippen LogP) is 2.21. The van der Waals surface area contributed by atoms with Crippen molar-refractivity contribution in [1.29, 1.82) is 0 Å². The summed E-state index contributed by atoms with van der Waals surface area (Å²) >= 11 is 1.66. The second-order valence-electron chi connectivity index (χ2n) is 5.85. The van der Waals surface area contributed by atoms with Gasteiger partial charge in [-0.05, 0) is 44.6 Å². The smallest absolute Gasteiger partial charge is 0.256 e. The molecule has 5 heteroatoms. The highest BCUT2D eigenvalue weighted by molar-refractivity contribution is 7.17. The number of carbonyl (C=O) groups excluding carboxylic acids is 2. The molecule has 4 rings (SSSR count). The Kier molecular flexibility index (Phi) is 2.17. The van der Waals surface area contributed by atoms with E-state index in [0.29, 0.717) is 12.8 Å². The van der Waals surface area contributed by atoms with E-state index in [9.17, 15) is 9.59 Å². The quantitative estimate of drug-likeness (QED) is 0.790. The first-order valence-electron chi connectivity index (χ1n) is 6.90. The maximum absolute atomic E-state index is 12.4. The van der Waals surface area contributed by atoms with Gasteiger partial charge < -0.3 is 5.32 Å². The van der Waals surface area contributed by atoms with Gasteiger partial charge in [-0.15, -0.1) is 11.3 Å². The van der Waals surface area contributed by atoms with Crippen molar-refractivity contribution in [3.8, 4) is 0 Å². The fraction of sp³-hybridized carbons (Fsp3) is 0.571. The number of carbonyl (C=O) groups is 2. The number of rotatable bonds is 0. The normalized spacial score (nSPS) is 28.8. The number of aryl methyl sites for hydroxylation is 1. The first-order chi connectivity index (χ1) is 9.10. The van der Waals surface area contributed by atoms with E-state index < -0.39 is 5.66 Å². The lowest BCUT2D eigenvalue weighted by Gasteiger charge is -2.39. The van der Waals surface area contributed by atoms with Crippen LogP contribution in [0.3, 0.4) is 0 Å². The monoisotopic (exact) mass is 276 g/mol. The first kappa shape index (κ1) is 11.5. The molecule has 1 N–H and O–H groups in total. The highest BCUT2D eigenvalue weighted by Gasteiger charge is 2.50. The summed E-state index contributed by atoms with van der Waals surface area (Å²) in [7, 11) is 0. The van der Waals surface area contributed by atoms with E-state index in [2.05, 4.69) is 5.32 Å². The number of nitrogens with zero attached hydrogens (tertiary/aromatic N) is 1. The molecule has 1 aliphatic carbocycles. The van der Waals surface area contributed by atoms with Crippen LogP contribution in [0.1, 0.15) is 53.4 Å². The average molecular weight is 276 g/mol. The zero-order valence-corrected chi connectivity index (χ0v) is 11.7. The van der Waals surface area contributed by atoms with Gasteiger partial charge in [0.05, 0.1) is 5.56 Å². The van der Waals surface area contributed by atoms with Crippen LogP contribution in [0.15, 0.2) is 0 Å². The number of fused-ring (bicyclic) bond motifs is 5. The second-order valence-corrected chi connectivity index (χ2v) is 6.93. The number of hydrogen-bond donors (Lipinski definition) is 1. The van der Waals surface area contributed by atoms with Gasteiger partial charge >= 0.3 is 0 Å². The Morgan fingerprint density at radius 1 is 1.21 bits per heavy atom. The van der Waals surface area contributed by atoms with Crippen molar-refractivity contribution in [3.63, 3.8) is 0 Å². The van der Waals surface area contributed by atoms with Crippen LogP contribution in [-0.4, -0.2) is 17.5 Å². The highest BCUT2D eigenvalue weighted by Crippen LogP contribution is 2.47. The number of nitrogens with one attached hydrogen (secondary N) is 1. The summed E-state index contributed by atoms with van der Waals surface area (Å²) in [4.78, 5) is 27.8. The van der Waals surface area contributed by atoms with Gasteiger partial charge in [0.2, 0.25) is 5.91 Å². The van der Waals surface area contributed by atoms with Crippen LogP contribution in [0.25, 0.3) is 0 Å². The lowest BCUT2D eigenvalue weighted by atomic mass is 9.93. The van der Waals surface area contributed by atoms with Crippen molar-refractivity contribution >= 4 is 28.2 Å². The molecule has 2 aliphatic heterocycles. The van der Waals surface area contributed by atoms with Gasteiger partial charge in [-0.2, -0.15) is 0 Å². The third-order valence-electron chi connectivity index (χ3n) is 4.53. The molecule has 0 bridgehead atoms. The SMILES string of the molecule is CC12CCC(=O)N1c1sc3c(c1C(=O)N2)CCCC3. The standard InChI is InChI=1S/C14H16N2O2S/c1-14-7-6-10(17)16(14)13-11(12(18)15-14)8-4-2-3-5-9(8)19-13/h2-7H2,1H3,(H,15,18). The lowest BCUT2D eigenvalue weighted by molar-refractivity contribution is -0.117. The molecule has 4 nitrogen and oxygen atoms in total. The third kappa shape index (κ3) is 1.39. The van der Waals surface area contributed by atoms with E-state index in [4.69, 9.17) is 0 Å². The molecule has 1 saturated heterocycles. The molecule has 19 heavy (non-hydrogen) atoms. The topological polar surface area (TPSA) is 49.4 Å². The van der Waals surface area contributed by atoms with E-state index in [1.807, 2.05) is 11.8 Å². The molecule has 0 aromatic carbocycles. The first-order valence-corrected chi connectivity index (χ1v) is 7.72. The van der Waals surface area contributed by atoms with Crippen LogP contribution in [-0.2, 0) is 17.6 Å². The largest absolute Gasteiger partial charge is 0.329 e. The molecule has 2 amide bonds. The summed E-state index contributed by atoms with van der Waals surface area (Å²) in [5.74, 6) is 0.158. The van der Waals surface area contributed by atoms with Crippen LogP contribution >= 0.6 is 11.3 Å². The zero-order valence-electron chi connectivity index (χ0n) is 10.9. The molecule has 0 radical (unpaired) electrons. The van der Waals surface area contributed by atoms with Crippen LogP contribution in [0, 0.1) is 0 Å². The van der Waals surface area contributed by atoms with Crippen molar-refractivity contribution in [2.45, 2.75) is 51.1 Å². The number of hydrogen-bond acceptors (Lipinski definition) is 3. The van der Waals surface area contributed by atoms with Gasteiger partial charge in [-0.3, -0.25) is 14.5 Å². The van der Waals surface area contributed by atoms with Crippen LogP contribution in [0.4, 0.5) is 5.00 Å². The van der Waals surface area contributed by atoms with Gasteiger partial charge in [0, 0.05) is 11.3 Å². The van der Waals surface area contributed by atoms with E-state index in [0.717, 1.165) is 29.8 Å². The molecule has 0 saturated carbocycles. The Labute approximate surface area is 115 Å². The molecule has 1 aromatic heterocycles. The zero-order chi connectivity index (χ0) is 13.2. The molecule has 0 spiro atoms. The Bertz CT molecular complexity index is 607. The molecular formula is C14H16N2O2S. The average Bonchev–Trinajstić information content (AvgIpc) is 2.87. The minimum Gasteiger partial charge on any atom is -0.329 e. The van der Waals surface area contributed by atoms with Gasteiger partial charge in [0.1, 0.15) is 10.7 Å². The fourth-order valence-corrected chi connectivity index (χ4v) is 5.07. The fourth-order valence-electron chi connectivity index (χ4n) is 3.56. The highest BCUT2D eigenvalue weighted by atomic mass is 32.1. The van der Waals surface area contributed by atoms with Gasteiger partial charge in [0.15, 0.2) is 0 Å². The van der Waals surface area contributed by atoms with Crippen molar-refractivity contribution in [2.24, 2.45) is 0 Å². The third-order valence-corrected chi connectivity index (χ3v) is 5.81. The summed E-state index contributed by atoms with van der Waals surface area (Å²) in [5.41, 5.74) is 1.48. The number of anilines is 1.